The summed E-state index contributed by atoms with van der Waals surface area (Å²) in [4.78, 5) is 10.6. The Morgan fingerprint density at radius 1 is 1.50 bits per heavy atom. The number of carboxylic acid groups (broad SMARTS) is 1. The van der Waals surface area contributed by atoms with E-state index in [0.29, 0.717) is 17.8 Å². The van der Waals surface area contributed by atoms with Gasteiger partial charge in [-0.15, -0.1) is 0 Å². The summed E-state index contributed by atoms with van der Waals surface area (Å²) in [6.45, 7) is 4.56. The van der Waals surface area contributed by atoms with Crippen LogP contribution in [0.25, 0.3) is 0 Å². The van der Waals surface area contributed by atoms with E-state index in [2.05, 4.69) is 13.8 Å². The van der Waals surface area contributed by atoms with Gasteiger partial charge in [0.25, 0.3) is 0 Å². The molecule has 1 saturated carbocycles. The molecule has 1 aliphatic rings. The molecular formula is C11H21NO2. The fraction of sp³-hybridized carbons (Fsp3) is 0.909. The molecule has 3 heteroatoms. The molecule has 82 valence electrons. The highest BCUT2D eigenvalue weighted by molar-refractivity contribution is 5.73. The van der Waals surface area contributed by atoms with Crippen LogP contribution in [0.3, 0.4) is 0 Å². The second-order valence-electron chi connectivity index (χ2n) is 5.29. The van der Waals surface area contributed by atoms with E-state index >= 15 is 0 Å². The largest absolute Gasteiger partial charge is 0.480 e. The lowest BCUT2D eigenvalue weighted by Gasteiger charge is -2.34. The molecule has 1 rings (SSSR count). The molecule has 0 aliphatic heterocycles. The zero-order valence-electron chi connectivity index (χ0n) is 9.12. The van der Waals surface area contributed by atoms with Gasteiger partial charge in [-0.25, -0.2) is 0 Å². The maximum atomic E-state index is 10.6. The van der Waals surface area contributed by atoms with E-state index in [9.17, 15) is 4.79 Å². The predicted octanol–water partition coefficient (Wildman–Crippen LogP) is 2.00. The monoisotopic (exact) mass is 199 g/mol. The van der Waals surface area contributed by atoms with Gasteiger partial charge in [0, 0.05) is 0 Å². The molecule has 1 atom stereocenters. The van der Waals surface area contributed by atoms with Crippen molar-refractivity contribution in [3.63, 3.8) is 0 Å². The Morgan fingerprint density at radius 2 is 2.00 bits per heavy atom. The first-order chi connectivity index (χ1) is 6.41. The fourth-order valence-electron chi connectivity index (χ4n) is 2.15. The maximum Gasteiger partial charge on any atom is 0.320 e. The van der Waals surface area contributed by atoms with Crippen LogP contribution in [0, 0.1) is 11.3 Å². The lowest BCUT2D eigenvalue weighted by Crippen LogP contribution is -2.34. The molecule has 0 spiro atoms. The Kier molecular flexibility index (Phi) is 3.53. The molecule has 0 bridgehead atoms. The van der Waals surface area contributed by atoms with Crippen molar-refractivity contribution in [2.75, 3.05) is 0 Å². The molecule has 0 aromatic heterocycles. The number of aliphatic carboxylic acids is 1. The van der Waals surface area contributed by atoms with Crippen molar-refractivity contribution in [2.24, 2.45) is 17.1 Å². The second-order valence-corrected chi connectivity index (χ2v) is 5.29. The normalized spacial score (nSPS) is 24.5. The van der Waals surface area contributed by atoms with E-state index < -0.39 is 12.0 Å². The number of carboxylic acids is 1. The third-order valence-electron chi connectivity index (χ3n) is 3.36. The van der Waals surface area contributed by atoms with Gasteiger partial charge in [0.15, 0.2) is 0 Å². The van der Waals surface area contributed by atoms with Gasteiger partial charge in [-0.05, 0) is 43.4 Å². The van der Waals surface area contributed by atoms with Gasteiger partial charge in [-0.1, -0.05) is 13.8 Å². The summed E-state index contributed by atoms with van der Waals surface area (Å²) in [6, 6.07) is -0.666. The average Bonchev–Trinajstić information content (AvgIpc) is 2.08. The Balaban J connectivity index is 2.32. The molecule has 0 saturated heterocycles. The van der Waals surface area contributed by atoms with Gasteiger partial charge in [0.1, 0.15) is 6.04 Å². The van der Waals surface area contributed by atoms with Crippen LogP contribution in [0.15, 0.2) is 0 Å². The van der Waals surface area contributed by atoms with Crippen molar-refractivity contribution in [3.8, 4) is 0 Å². The fourth-order valence-corrected chi connectivity index (χ4v) is 2.15. The first kappa shape index (κ1) is 11.5. The van der Waals surface area contributed by atoms with Crippen LogP contribution in [-0.2, 0) is 4.79 Å². The number of nitrogens with two attached hydrogens (primary N) is 1. The summed E-state index contributed by atoms with van der Waals surface area (Å²) < 4.78 is 0. The molecule has 3 N–H and O–H groups in total. The standard InChI is InChI=1S/C11H21NO2/c1-11(2)5-3-8(4-6-11)7-9(12)10(13)14/h8-9H,3-7,12H2,1-2H3,(H,13,14). The summed E-state index contributed by atoms with van der Waals surface area (Å²) in [7, 11) is 0. The van der Waals surface area contributed by atoms with E-state index in [1.54, 1.807) is 0 Å². The molecule has 0 radical (unpaired) electrons. The van der Waals surface area contributed by atoms with Crippen molar-refractivity contribution in [3.05, 3.63) is 0 Å². The van der Waals surface area contributed by atoms with Gasteiger partial charge < -0.3 is 10.8 Å². The Labute approximate surface area is 85.7 Å². The molecule has 0 aromatic rings. The van der Waals surface area contributed by atoms with E-state index in [1.165, 1.54) is 12.8 Å². The average molecular weight is 199 g/mol. The minimum atomic E-state index is -0.866. The summed E-state index contributed by atoms with van der Waals surface area (Å²) in [5.74, 6) is -0.344. The summed E-state index contributed by atoms with van der Waals surface area (Å²) in [5, 5.41) is 8.69. The number of hydrogen-bond acceptors (Lipinski definition) is 2. The van der Waals surface area contributed by atoms with Gasteiger partial charge in [0.2, 0.25) is 0 Å². The van der Waals surface area contributed by atoms with E-state index in [-0.39, 0.29) is 0 Å². The summed E-state index contributed by atoms with van der Waals surface area (Å²) in [6.07, 6.45) is 5.31. The van der Waals surface area contributed by atoms with Crippen molar-refractivity contribution < 1.29 is 9.90 Å². The van der Waals surface area contributed by atoms with Crippen LogP contribution in [0.2, 0.25) is 0 Å². The van der Waals surface area contributed by atoms with Crippen molar-refractivity contribution >= 4 is 5.97 Å². The Hall–Kier alpha value is -0.570. The zero-order valence-corrected chi connectivity index (χ0v) is 9.12. The Bertz CT molecular complexity index is 203. The predicted molar refractivity (Wildman–Crippen MR) is 56.0 cm³/mol. The molecule has 1 fully saturated rings. The molecule has 14 heavy (non-hydrogen) atoms. The van der Waals surface area contributed by atoms with E-state index in [4.69, 9.17) is 10.8 Å². The second kappa shape index (κ2) is 4.30. The SMILES string of the molecule is CC1(C)CCC(CC(N)C(=O)O)CC1. The van der Waals surface area contributed by atoms with Crippen molar-refractivity contribution in [2.45, 2.75) is 52.0 Å². The minimum Gasteiger partial charge on any atom is -0.480 e. The molecule has 0 amide bonds. The van der Waals surface area contributed by atoms with Gasteiger partial charge in [-0.2, -0.15) is 0 Å². The number of carbonyl (C=O) groups is 1. The van der Waals surface area contributed by atoms with Crippen molar-refractivity contribution in [1.82, 2.24) is 0 Å². The van der Waals surface area contributed by atoms with Crippen LogP contribution in [0.5, 0.6) is 0 Å². The van der Waals surface area contributed by atoms with E-state index in [0.717, 1.165) is 12.8 Å². The molecule has 0 aromatic carbocycles. The smallest absolute Gasteiger partial charge is 0.320 e. The Morgan fingerprint density at radius 3 is 2.43 bits per heavy atom. The van der Waals surface area contributed by atoms with Crippen LogP contribution in [0.1, 0.15) is 46.0 Å². The maximum absolute atomic E-state index is 10.6. The molecule has 1 aliphatic carbocycles. The van der Waals surface area contributed by atoms with E-state index in [1.807, 2.05) is 0 Å². The van der Waals surface area contributed by atoms with Gasteiger partial charge in [0.05, 0.1) is 0 Å². The van der Waals surface area contributed by atoms with Crippen molar-refractivity contribution in [1.29, 1.82) is 0 Å². The van der Waals surface area contributed by atoms with Crippen LogP contribution < -0.4 is 5.73 Å². The third kappa shape index (κ3) is 3.29. The third-order valence-corrected chi connectivity index (χ3v) is 3.36. The topological polar surface area (TPSA) is 63.3 Å². The quantitative estimate of drug-likeness (QED) is 0.730. The lowest BCUT2D eigenvalue weighted by molar-refractivity contribution is -0.139. The van der Waals surface area contributed by atoms with Crippen LogP contribution >= 0.6 is 0 Å². The molecule has 0 heterocycles. The van der Waals surface area contributed by atoms with Crippen LogP contribution in [0.4, 0.5) is 0 Å². The highest BCUT2D eigenvalue weighted by atomic mass is 16.4. The highest BCUT2D eigenvalue weighted by Crippen LogP contribution is 2.39. The number of rotatable bonds is 3. The van der Waals surface area contributed by atoms with Gasteiger partial charge >= 0.3 is 5.97 Å². The first-order valence-electron chi connectivity index (χ1n) is 5.39. The molecule has 1 unspecified atom stereocenters. The number of hydrogen-bond donors (Lipinski definition) is 2. The summed E-state index contributed by atoms with van der Waals surface area (Å²) in [5.41, 5.74) is 5.96. The molecular weight excluding hydrogens is 178 g/mol. The summed E-state index contributed by atoms with van der Waals surface area (Å²) >= 11 is 0. The zero-order chi connectivity index (χ0) is 10.8. The molecule has 3 nitrogen and oxygen atoms in total. The minimum absolute atomic E-state index is 0.448. The van der Waals surface area contributed by atoms with Crippen LogP contribution in [-0.4, -0.2) is 17.1 Å². The highest BCUT2D eigenvalue weighted by Gasteiger charge is 2.28. The lowest BCUT2D eigenvalue weighted by atomic mass is 9.72. The first-order valence-corrected chi connectivity index (χ1v) is 5.39. The van der Waals surface area contributed by atoms with Gasteiger partial charge in [-0.3, -0.25) is 4.79 Å².